The molecule has 0 radical (unpaired) electrons. The molecule has 0 aromatic heterocycles. The number of hydrogen-bond acceptors (Lipinski definition) is 6. The number of alkyl halides is 1. The number of nitrogens with one attached hydrogen (secondary N) is 1. The number of rotatable bonds is 12. The largest absolute Gasteiger partial charge is 0.379 e. The van der Waals surface area contributed by atoms with Crippen LogP contribution in [0, 0.1) is 0 Å². The molecule has 1 N–H and O–H groups in total. The van der Waals surface area contributed by atoms with Gasteiger partial charge in [-0.05, 0) is 41.4 Å². The summed E-state index contributed by atoms with van der Waals surface area (Å²) in [5, 5.41) is 7.67. The number of allylic oxidation sites excluding steroid dienone is 1. The molecule has 0 bridgehead atoms. The standard InChI is InChI=1S/C26H28IN5O4S/c1-32(2)24-7-3-6-23-22(24)5-4-8-25(23)37(34,35)21(18-27)17-19-9-11-20(12-10-19)26(33)29-13-15-36-16-14-30-31-28/h3-12,17H,13-16,18H2,1-2H3,(H,29,33)/b21-17+. The number of amides is 1. The van der Waals surface area contributed by atoms with E-state index in [4.69, 9.17) is 10.3 Å². The van der Waals surface area contributed by atoms with Crippen LogP contribution in [0.25, 0.3) is 27.3 Å². The minimum atomic E-state index is -3.75. The van der Waals surface area contributed by atoms with Crippen LogP contribution >= 0.6 is 22.6 Å². The SMILES string of the molecule is CN(C)c1cccc2c(S(=O)(=O)/C(=C/c3ccc(C(=O)NCCOCCN=[N+]=[N-])cc3)CI)cccc12. The number of nitrogens with zero attached hydrogens (tertiary/aromatic N) is 4. The van der Waals surface area contributed by atoms with Crippen molar-refractivity contribution in [2.75, 3.05) is 49.7 Å². The Morgan fingerprint density at radius 1 is 1.08 bits per heavy atom. The van der Waals surface area contributed by atoms with E-state index < -0.39 is 9.84 Å². The van der Waals surface area contributed by atoms with Gasteiger partial charge in [-0.3, -0.25) is 4.79 Å². The molecule has 0 spiro atoms. The Balaban J connectivity index is 1.77. The lowest BCUT2D eigenvalue weighted by Gasteiger charge is -2.17. The fourth-order valence-electron chi connectivity index (χ4n) is 3.73. The van der Waals surface area contributed by atoms with Gasteiger partial charge in [0.05, 0.1) is 23.0 Å². The van der Waals surface area contributed by atoms with Crippen LogP contribution in [0.2, 0.25) is 0 Å². The van der Waals surface area contributed by atoms with Crippen molar-refractivity contribution in [3.05, 3.63) is 87.1 Å². The van der Waals surface area contributed by atoms with Gasteiger partial charge >= 0.3 is 0 Å². The maximum absolute atomic E-state index is 13.7. The molecule has 194 valence electrons. The van der Waals surface area contributed by atoms with E-state index in [1.165, 1.54) is 0 Å². The Bertz CT molecular complexity index is 1430. The van der Waals surface area contributed by atoms with Crippen molar-refractivity contribution in [1.82, 2.24) is 5.32 Å². The lowest BCUT2D eigenvalue weighted by molar-refractivity contribution is 0.0920. The highest BCUT2D eigenvalue weighted by Crippen LogP contribution is 2.33. The van der Waals surface area contributed by atoms with Crippen molar-refractivity contribution >= 4 is 60.9 Å². The zero-order chi connectivity index (χ0) is 26.8. The number of benzene rings is 3. The zero-order valence-electron chi connectivity index (χ0n) is 20.6. The van der Waals surface area contributed by atoms with Gasteiger partial charge in [-0.25, -0.2) is 8.42 Å². The van der Waals surface area contributed by atoms with Gasteiger partial charge in [0.1, 0.15) is 0 Å². The van der Waals surface area contributed by atoms with Gasteiger partial charge in [0.25, 0.3) is 5.91 Å². The second-order valence-corrected chi connectivity index (χ2v) is 10.9. The number of anilines is 1. The van der Waals surface area contributed by atoms with E-state index >= 15 is 0 Å². The van der Waals surface area contributed by atoms with Gasteiger partial charge in [0.2, 0.25) is 9.84 Å². The zero-order valence-corrected chi connectivity index (χ0v) is 23.6. The molecule has 0 saturated carbocycles. The van der Waals surface area contributed by atoms with Gasteiger partial charge in [0.15, 0.2) is 0 Å². The summed E-state index contributed by atoms with van der Waals surface area (Å²) in [6.07, 6.45) is 1.65. The molecule has 0 atom stereocenters. The van der Waals surface area contributed by atoms with E-state index in [1.807, 2.05) is 43.3 Å². The monoisotopic (exact) mass is 633 g/mol. The number of fused-ring (bicyclic) bond motifs is 1. The first kappa shape index (κ1) is 28.5. The highest BCUT2D eigenvalue weighted by molar-refractivity contribution is 14.1. The summed E-state index contributed by atoms with van der Waals surface area (Å²) in [4.78, 5) is 17.5. The molecule has 0 aliphatic rings. The molecule has 0 saturated heterocycles. The molecule has 0 aliphatic heterocycles. The number of hydrogen-bond donors (Lipinski definition) is 1. The Morgan fingerprint density at radius 2 is 1.78 bits per heavy atom. The van der Waals surface area contributed by atoms with Crippen molar-refractivity contribution in [1.29, 1.82) is 0 Å². The van der Waals surface area contributed by atoms with Crippen LogP contribution in [-0.2, 0) is 14.6 Å². The quantitative estimate of drug-likeness (QED) is 0.0733. The van der Waals surface area contributed by atoms with E-state index in [-0.39, 0.29) is 22.3 Å². The highest BCUT2D eigenvalue weighted by Gasteiger charge is 2.23. The van der Waals surface area contributed by atoms with Crippen LogP contribution in [-0.4, -0.2) is 59.2 Å². The van der Waals surface area contributed by atoms with Crippen LogP contribution in [0.1, 0.15) is 15.9 Å². The topological polar surface area (TPSA) is 124 Å². The number of carbonyl (C=O) groups excluding carboxylic acids is 1. The second kappa shape index (κ2) is 13.4. The molecule has 9 nitrogen and oxygen atoms in total. The molecule has 0 unspecified atom stereocenters. The lowest BCUT2D eigenvalue weighted by atomic mass is 10.1. The lowest BCUT2D eigenvalue weighted by Crippen LogP contribution is -2.27. The van der Waals surface area contributed by atoms with Gasteiger partial charge in [-0.1, -0.05) is 64.1 Å². The summed E-state index contributed by atoms with van der Waals surface area (Å²) in [5.41, 5.74) is 10.3. The fraction of sp³-hybridized carbons (Fsp3) is 0.269. The van der Waals surface area contributed by atoms with E-state index in [2.05, 4.69) is 37.9 Å². The third kappa shape index (κ3) is 7.22. The summed E-state index contributed by atoms with van der Waals surface area (Å²) in [7, 11) is 0.105. The fourth-order valence-corrected chi connectivity index (χ4v) is 6.62. The summed E-state index contributed by atoms with van der Waals surface area (Å²) in [5.74, 6) is -0.261. The number of carbonyl (C=O) groups is 1. The van der Waals surface area contributed by atoms with Gasteiger partial charge in [-0.2, -0.15) is 0 Å². The van der Waals surface area contributed by atoms with Crippen molar-refractivity contribution in [3.63, 3.8) is 0 Å². The Hall–Kier alpha value is -3.12. The predicted octanol–water partition coefficient (Wildman–Crippen LogP) is 5.21. The first-order valence-electron chi connectivity index (χ1n) is 11.5. The van der Waals surface area contributed by atoms with E-state index in [0.717, 1.165) is 11.1 Å². The van der Waals surface area contributed by atoms with Crippen molar-refractivity contribution in [2.45, 2.75) is 4.90 Å². The summed E-state index contributed by atoms with van der Waals surface area (Å²) in [6, 6.07) is 17.8. The first-order valence-corrected chi connectivity index (χ1v) is 14.5. The molecular weight excluding hydrogens is 605 g/mol. The van der Waals surface area contributed by atoms with Crippen LogP contribution in [0.5, 0.6) is 0 Å². The Labute approximate surface area is 230 Å². The van der Waals surface area contributed by atoms with E-state index in [0.29, 0.717) is 40.7 Å². The highest BCUT2D eigenvalue weighted by atomic mass is 127. The van der Waals surface area contributed by atoms with E-state index in [1.54, 1.807) is 42.5 Å². The van der Waals surface area contributed by atoms with Crippen molar-refractivity contribution in [2.24, 2.45) is 5.11 Å². The van der Waals surface area contributed by atoms with Crippen LogP contribution < -0.4 is 10.2 Å². The maximum Gasteiger partial charge on any atom is 0.251 e. The third-order valence-corrected chi connectivity index (χ3v) is 8.77. The van der Waals surface area contributed by atoms with Crippen molar-refractivity contribution in [3.8, 4) is 0 Å². The van der Waals surface area contributed by atoms with Gasteiger partial charge < -0.3 is 15.0 Å². The first-order chi connectivity index (χ1) is 17.8. The minimum Gasteiger partial charge on any atom is -0.379 e. The molecule has 0 heterocycles. The number of sulfone groups is 1. The normalized spacial score (nSPS) is 11.7. The van der Waals surface area contributed by atoms with Crippen LogP contribution in [0.4, 0.5) is 5.69 Å². The van der Waals surface area contributed by atoms with E-state index in [9.17, 15) is 13.2 Å². The Kier molecular flexibility index (Phi) is 10.3. The number of halogens is 1. The summed E-state index contributed by atoms with van der Waals surface area (Å²) < 4.78 is 32.9. The minimum absolute atomic E-state index is 0.242. The molecule has 0 aliphatic carbocycles. The van der Waals surface area contributed by atoms with Gasteiger partial charge in [0, 0.05) is 58.5 Å². The molecule has 3 aromatic carbocycles. The molecule has 3 rings (SSSR count). The predicted molar refractivity (Wildman–Crippen MR) is 156 cm³/mol. The molecular formula is C26H28IN5O4S. The van der Waals surface area contributed by atoms with Crippen LogP contribution in [0.3, 0.4) is 0 Å². The molecule has 37 heavy (non-hydrogen) atoms. The molecule has 1 amide bonds. The second-order valence-electron chi connectivity index (χ2n) is 8.22. The summed E-state index contributed by atoms with van der Waals surface area (Å²) in [6.45, 7) is 1.15. The Morgan fingerprint density at radius 3 is 2.46 bits per heavy atom. The smallest absolute Gasteiger partial charge is 0.251 e. The van der Waals surface area contributed by atoms with Crippen LogP contribution in [0.15, 0.2) is 75.6 Å². The summed E-state index contributed by atoms with van der Waals surface area (Å²) >= 11 is 2.06. The maximum atomic E-state index is 13.7. The third-order valence-electron chi connectivity index (χ3n) is 5.54. The molecule has 0 fully saturated rings. The molecule has 3 aromatic rings. The van der Waals surface area contributed by atoms with Gasteiger partial charge in [-0.15, -0.1) is 0 Å². The number of ether oxygens (including phenoxy) is 1. The average molecular weight is 634 g/mol. The molecule has 11 heteroatoms. The van der Waals surface area contributed by atoms with Crippen molar-refractivity contribution < 1.29 is 17.9 Å². The number of azide groups is 1. The average Bonchev–Trinajstić information content (AvgIpc) is 2.90.